The smallest absolute Gasteiger partial charge is 0.545 e. The molecule has 2 aliphatic rings. The Morgan fingerprint density at radius 2 is 1.83 bits per heavy atom. The van der Waals surface area contributed by atoms with Gasteiger partial charge in [-0.2, -0.15) is 0 Å². The Labute approximate surface area is 198 Å². The molecule has 180 valence electrons. The first-order valence-corrected chi connectivity index (χ1v) is 10.7. The van der Waals surface area contributed by atoms with Gasteiger partial charge >= 0.3 is 6.29 Å². The van der Waals surface area contributed by atoms with E-state index < -0.39 is 17.7 Å². The lowest BCUT2D eigenvalue weighted by atomic mass is 9.83. The summed E-state index contributed by atoms with van der Waals surface area (Å²) in [5.74, 6) is -1.72. The highest BCUT2D eigenvalue weighted by atomic mass is 19.3. The van der Waals surface area contributed by atoms with Crippen LogP contribution >= 0.6 is 0 Å². The number of ether oxygens (including phenoxy) is 3. The van der Waals surface area contributed by atoms with Gasteiger partial charge in [0.25, 0.3) is 0 Å². The number of rotatable bonds is 5. The molecular formula is C25H19F2N2O6-. The second-order valence-electron chi connectivity index (χ2n) is 8.60. The number of carboxylic acid groups (broad SMARTS) is 1. The van der Waals surface area contributed by atoms with Gasteiger partial charge in [0.15, 0.2) is 11.5 Å². The first-order chi connectivity index (χ1) is 16.6. The van der Waals surface area contributed by atoms with Crippen molar-refractivity contribution in [2.75, 3.05) is 6.61 Å². The lowest BCUT2D eigenvalue weighted by Crippen LogP contribution is -2.43. The molecule has 35 heavy (non-hydrogen) atoms. The van der Waals surface area contributed by atoms with E-state index >= 15 is 0 Å². The lowest BCUT2D eigenvalue weighted by molar-refractivity contribution is -0.286. The summed E-state index contributed by atoms with van der Waals surface area (Å²) in [5, 5.41) is 14.1. The third-order valence-electron chi connectivity index (χ3n) is 6.10. The van der Waals surface area contributed by atoms with Crippen molar-refractivity contribution < 1.29 is 37.7 Å². The fraction of sp³-hybridized carbons (Fsp3) is 0.240. The van der Waals surface area contributed by atoms with E-state index in [4.69, 9.17) is 4.74 Å². The molecule has 0 bridgehead atoms. The van der Waals surface area contributed by atoms with Gasteiger partial charge in [-0.1, -0.05) is 18.2 Å². The van der Waals surface area contributed by atoms with E-state index in [0.717, 1.165) is 5.56 Å². The Balaban J connectivity index is 1.35. The van der Waals surface area contributed by atoms with Gasteiger partial charge in [0.1, 0.15) is 17.8 Å². The molecule has 0 spiro atoms. The van der Waals surface area contributed by atoms with Crippen LogP contribution in [0, 0.1) is 6.92 Å². The van der Waals surface area contributed by atoms with Gasteiger partial charge in [0, 0.05) is 17.2 Å². The van der Waals surface area contributed by atoms with Crippen molar-refractivity contribution in [1.82, 2.24) is 10.3 Å². The molecule has 1 aromatic heterocycles. The zero-order valence-electron chi connectivity index (χ0n) is 18.7. The number of nitrogens with one attached hydrogen (secondary N) is 1. The molecule has 3 aromatic rings. The second-order valence-corrected chi connectivity index (χ2v) is 8.60. The van der Waals surface area contributed by atoms with Gasteiger partial charge in [-0.05, 0) is 49.2 Å². The number of aryl methyl sites for hydroxylation is 1. The molecule has 8 nitrogen and oxygen atoms in total. The standard InChI is InChI=1S/C25H20F2N2O6/c1-13-6-7-14(22(30)31)8-16(13)18-5-3-4-15(29-18)11-28-23(32)24(2)12-33-19-10-21-20(9-17(19)24)34-25(26,27)35-21/h3-10H,11-12H2,1-2H3,(H,28,32)(H,30,31)/p-1/t24-/m0/s1. The van der Waals surface area contributed by atoms with Crippen LogP contribution in [0.15, 0.2) is 48.5 Å². The number of nitrogens with zero attached hydrogens (tertiary/aromatic N) is 1. The molecule has 0 saturated heterocycles. The molecule has 3 heterocycles. The molecule has 1 atom stereocenters. The maximum absolute atomic E-state index is 13.4. The van der Waals surface area contributed by atoms with Crippen LogP contribution < -0.4 is 24.6 Å². The molecule has 1 amide bonds. The number of halogens is 2. The van der Waals surface area contributed by atoms with Crippen molar-refractivity contribution in [1.29, 1.82) is 0 Å². The SMILES string of the molecule is Cc1ccc(C(=O)[O-])cc1-c1cccc(CNC(=O)[C@@]2(C)COc3cc4c(cc32)OC(F)(F)O4)n1. The van der Waals surface area contributed by atoms with Crippen molar-refractivity contribution in [2.45, 2.75) is 32.1 Å². The highest BCUT2D eigenvalue weighted by molar-refractivity contribution is 5.90. The number of carbonyl (C=O) groups is 2. The number of aromatic nitrogens is 1. The summed E-state index contributed by atoms with van der Waals surface area (Å²) in [6, 6.07) is 12.5. The Morgan fingerprint density at radius 3 is 2.57 bits per heavy atom. The van der Waals surface area contributed by atoms with Gasteiger partial charge in [-0.25, -0.2) is 0 Å². The molecule has 0 aliphatic carbocycles. The van der Waals surface area contributed by atoms with Crippen molar-refractivity contribution in [2.24, 2.45) is 0 Å². The number of amides is 1. The van der Waals surface area contributed by atoms with Crippen LogP contribution in [-0.4, -0.2) is 29.8 Å². The van der Waals surface area contributed by atoms with Gasteiger partial charge in [-0.3, -0.25) is 9.78 Å². The van der Waals surface area contributed by atoms with Gasteiger partial charge in [0.2, 0.25) is 5.91 Å². The zero-order valence-corrected chi connectivity index (χ0v) is 18.7. The van der Waals surface area contributed by atoms with Gasteiger partial charge in [-0.15, -0.1) is 8.78 Å². The number of fused-ring (bicyclic) bond motifs is 2. The molecule has 10 heteroatoms. The van der Waals surface area contributed by atoms with Crippen molar-refractivity contribution >= 4 is 11.9 Å². The van der Waals surface area contributed by atoms with Gasteiger partial charge < -0.3 is 29.4 Å². The number of carbonyl (C=O) groups excluding carboxylic acids is 2. The first-order valence-electron chi connectivity index (χ1n) is 10.7. The number of pyridine rings is 1. The third kappa shape index (κ3) is 4.01. The summed E-state index contributed by atoms with van der Waals surface area (Å²) < 4.78 is 41.4. The fourth-order valence-corrected chi connectivity index (χ4v) is 4.13. The van der Waals surface area contributed by atoms with Crippen LogP contribution in [-0.2, 0) is 16.8 Å². The number of alkyl halides is 2. The summed E-state index contributed by atoms with van der Waals surface area (Å²) in [4.78, 5) is 28.9. The minimum absolute atomic E-state index is 0.0101. The van der Waals surface area contributed by atoms with Gasteiger partial charge in [0.05, 0.1) is 23.9 Å². The number of aromatic carboxylic acids is 1. The van der Waals surface area contributed by atoms with E-state index in [1.165, 1.54) is 24.3 Å². The summed E-state index contributed by atoms with van der Waals surface area (Å²) >= 11 is 0. The molecule has 0 radical (unpaired) electrons. The van der Waals surface area contributed by atoms with E-state index in [1.54, 1.807) is 31.2 Å². The lowest BCUT2D eigenvalue weighted by Gasteiger charge is -2.22. The Kier molecular flexibility index (Phi) is 5.12. The van der Waals surface area contributed by atoms with Crippen LogP contribution in [0.5, 0.6) is 17.2 Å². The summed E-state index contributed by atoms with van der Waals surface area (Å²) in [6.45, 7) is 3.58. The highest BCUT2D eigenvalue weighted by Gasteiger charge is 2.48. The monoisotopic (exact) mass is 481 g/mol. The third-order valence-corrected chi connectivity index (χ3v) is 6.10. The average molecular weight is 481 g/mol. The van der Waals surface area contributed by atoms with Crippen LogP contribution in [0.3, 0.4) is 0 Å². The number of carboxylic acids is 1. The van der Waals surface area contributed by atoms with E-state index in [1.807, 2.05) is 6.92 Å². The number of hydrogen-bond acceptors (Lipinski definition) is 7. The van der Waals surface area contributed by atoms with Crippen LogP contribution in [0.4, 0.5) is 8.78 Å². The largest absolute Gasteiger partial charge is 0.586 e. The van der Waals surface area contributed by atoms with E-state index in [2.05, 4.69) is 19.8 Å². The number of hydrogen-bond donors (Lipinski definition) is 1. The molecule has 0 unspecified atom stereocenters. The Hall–Kier alpha value is -4.21. The molecule has 2 aliphatic heterocycles. The summed E-state index contributed by atoms with van der Waals surface area (Å²) in [7, 11) is 0. The van der Waals surface area contributed by atoms with Crippen molar-refractivity contribution in [3.8, 4) is 28.5 Å². The zero-order chi connectivity index (χ0) is 25.0. The summed E-state index contributed by atoms with van der Waals surface area (Å²) in [6.07, 6.45) is -3.77. The second kappa shape index (κ2) is 7.93. The number of benzene rings is 2. The molecular weight excluding hydrogens is 462 g/mol. The first kappa shape index (κ1) is 22.6. The normalized spacial score (nSPS) is 19.1. The molecule has 5 rings (SSSR count). The van der Waals surface area contributed by atoms with E-state index in [0.29, 0.717) is 22.5 Å². The minimum atomic E-state index is -3.77. The molecule has 0 saturated carbocycles. The Bertz CT molecular complexity index is 1380. The average Bonchev–Trinajstić information content (AvgIpc) is 3.30. The minimum Gasteiger partial charge on any atom is -0.545 e. The Morgan fingerprint density at radius 1 is 1.09 bits per heavy atom. The van der Waals surface area contributed by atoms with E-state index in [-0.39, 0.29) is 41.9 Å². The predicted molar refractivity (Wildman–Crippen MR) is 116 cm³/mol. The highest BCUT2D eigenvalue weighted by Crippen LogP contribution is 2.49. The fourth-order valence-electron chi connectivity index (χ4n) is 4.13. The van der Waals surface area contributed by atoms with Crippen LogP contribution in [0.1, 0.15) is 34.1 Å². The quantitative estimate of drug-likeness (QED) is 0.597. The van der Waals surface area contributed by atoms with Crippen LogP contribution in [0.25, 0.3) is 11.3 Å². The molecule has 0 fully saturated rings. The van der Waals surface area contributed by atoms with Crippen molar-refractivity contribution in [3.63, 3.8) is 0 Å². The van der Waals surface area contributed by atoms with Crippen molar-refractivity contribution in [3.05, 3.63) is 70.9 Å². The summed E-state index contributed by atoms with van der Waals surface area (Å²) in [5.41, 5.74) is 1.86. The molecule has 1 N–H and O–H groups in total. The molecule has 2 aromatic carbocycles. The maximum atomic E-state index is 13.4. The van der Waals surface area contributed by atoms with Crippen LogP contribution in [0.2, 0.25) is 0 Å². The predicted octanol–water partition coefficient (Wildman–Crippen LogP) is 2.71. The maximum Gasteiger partial charge on any atom is 0.586 e. The van der Waals surface area contributed by atoms with E-state index in [9.17, 15) is 23.5 Å². The topological polar surface area (TPSA) is 110 Å².